The fraction of sp³-hybridized carbons (Fsp3) is 0.375. The maximum atomic E-state index is 12.4. The zero-order valence-electron chi connectivity index (χ0n) is 12.6. The first kappa shape index (κ1) is 14.2. The van der Waals surface area contributed by atoms with E-state index in [1.165, 1.54) is 0 Å². The summed E-state index contributed by atoms with van der Waals surface area (Å²) in [4.78, 5) is 19.4. The minimum Gasteiger partial charge on any atom is -0.493 e. The molecule has 0 saturated carbocycles. The minimum absolute atomic E-state index is 0.00695. The van der Waals surface area contributed by atoms with Crippen LogP contribution in [0, 0.1) is 5.92 Å². The monoisotopic (exact) mass is 313 g/mol. The third kappa shape index (κ3) is 2.69. The number of imidazole rings is 1. The number of para-hydroxylation sites is 1. The number of rotatable bonds is 4. The lowest BCUT2D eigenvalue weighted by Gasteiger charge is -2.29. The van der Waals surface area contributed by atoms with Crippen molar-refractivity contribution in [3.05, 3.63) is 48.0 Å². The van der Waals surface area contributed by atoms with E-state index in [9.17, 15) is 4.79 Å². The van der Waals surface area contributed by atoms with Crippen LogP contribution in [0.1, 0.15) is 17.3 Å². The Hall–Kier alpha value is -2.38. The number of fused-ring (bicyclic) bond motifs is 3. The first-order valence-electron chi connectivity index (χ1n) is 7.80. The maximum absolute atomic E-state index is 12.4. The molecule has 3 atom stereocenters. The van der Waals surface area contributed by atoms with E-state index in [0.29, 0.717) is 13.2 Å². The van der Waals surface area contributed by atoms with Gasteiger partial charge in [-0.1, -0.05) is 18.2 Å². The van der Waals surface area contributed by atoms with Crippen LogP contribution in [0.25, 0.3) is 0 Å². The zero-order chi connectivity index (χ0) is 15.6. The molecule has 120 valence electrons. The van der Waals surface area contributed by atoms with Crippen LogP contribution in [0.4, 0.5) is 0 Å². The van der Waals surface area contributed by atoms with Gasteiger partial charge in [-0.25, -0.2) is 15.8 Å². The number of aromatic amines is 1. The zero-order valence-corrected chi connectivity index (χ0v) is 12.6. The third-order valence-electron chi connectivity index (χ3n) is 4.47. The van der Waals surface area contributed by atoms with E-state index in [1.807, 2.05) is 24.3 Å². The Kier molecular flexibility index (Phi) is 3.72. The summed E-state index contributed by atoms with van der Waals surface area (Å²) in [5.74, 6) is 0.966. The highest BCUT2D eigenvalue weighted by atomic mass is 16.5. The lowest BCUT2D eigenvalue weighted by Crippen LogP contribution is -2.47. The number of hydrazine groups is 1. The van der Waals surface area contributed by atoms with Crippen molar-refractivity contribution in [3.63, 3.8) is 0 Å². The molecule has 1 saturated heterocycles. The number of hydrogen-bond acceptors (Lipinski definition) is 5. The predicted octanol–water partition coefficient (Wildman–Crippen LogP) is 0.295. The fourth-order valence-corrected chi connectivity index (χ4v) is 3.25. The highest BCUT2D eigenvalue weighted by molar-refractivity contribution is 5.82. The molecule has 1 amide bonds. The molecule has 2 aliphatic heterocycles. The Balaban J connectivity index is 1.38. The molecular formula is C16H19N5O2. The molecule has 0 bridgehead atoms. The van der Waals surface area contributed by atoms with E-state index < -0.39 is 0 Å². The van der Waals surface area contributed by atoms with Crippen molar-refractivity contribution in [1.29, 1.82) is 0 Å². The summed E-state index contributed by atoms with van der Waals surface area (Å²) in [6, 6.07) is 7.76. The van der Waals surface area contributed by atoms with Gasteiger partial charge in [-0.2, -0.15) is 0 Å². The Labute approximate surface area is 133 Å². The summed E-state index contributed by atoms with van der Waals surface area (Å²) in [6.07, 6.45) is 4.14. The van der Waals surface area contributed by atoms with E-state index in [2.05, 4.69) is 26.1 Å². The molecule has 0 radical (unpaired) electrons. The molecule has 1 aromatic heterocycles. The number of nitrogens with one attached hydrogen (secondary N) is 4. The van der Waals surface area contributed by atoms with Crippen LogP contribution in [0.15, 0.2) is 36.8 Å². The number of ether oxygens (including phenoxy) is 1. The Morgan fingerprint density at radius 2 is 2.26 bits per heavy atom. The molecule has 1 fully saturated rings. The fourth-order valence-electron chi connectivity index (χ4n) is 3.25. The Morgan fingerprint density at radius 1 is 1.35 bits per heavy atom. The predicted molar refractivity (Wildman–Crippen MR) is 83.5 cm³/mol. The summed E-state index contributed by atoms with van der Waals surface area (Å²) in [6.45, 7) is 1.11. The lowest BCUT2D eigenvalue weighted by atomic mass is 9.87. The molecule has 7 nitrogen and oxygen atoms in total. The molecule has 2 aliphatic rings. The van der Waals surface area contributed by atoms with Crippen molar-refractivity contribution >= 4 is 5.91 Å². The number of carbonyl (C=O) groups excluding carboxylic acids is 1. The van der Waals surface area contributed by atoms with Gasteiger partial charge in [0.05, 0.1) is 19.0 Å². The van der Waals surface area contributed by atoms with E-state index in [-0.39, 0.29) is 23.9 Å². The molecule has 7 heteroatoms. The molecular weight excluding hydrogens is 294 g/mol. The Morgan fingerprint density at radius 3 is 3.13 bits per heavy atom. The van der Waals surface area contributed by atoms with Crippen molar-refractivity contribution in [2.75, 3.05) is 13.2 Å². The number of nitrogens with zero attached hydrogens (tertiary/aromatic N) is 1. The number of amides is 1. The number of benzene rings is 1. The second-order valence-electron chi connectivity index (χ2n) is 5.87. The van der Waals surface area contributed by atoms with Crippen molar-refractivity contribution < 1.29 is 9.53 Å². The number of aromatic nitrogens is 2. The topological polar surface area (TPSA) is 91.1 Å². The third-order valence-corrected chi connectivity index (χ3v) is 4.47. The minimum atomic E-state index is -0.296. The van der Waals surface area contributed by atoms with Gasteiger partial charge in [-0.3, -0.25) is 4.79 Å². The lowest BCUT2D eigenvalue weighted by molar-refractivity contribution is -0.124. The molecule has 3 unspecified atom stereocenters. The van der Waals surface area contributed by atoms with Crippen molar-refractivity contribution in [2.24, 2.45) is 5.92 Å². The molecule has 0 aliphatic carbocycles. The molecule has 2 aromatic rings. The van der Waals surface area contributed by atoms with E-state index in [0.717, 1.165) is 23.4 Å². The standard InChI is InChI=1S/C16H19N5O2/c22-16(18-6-5-10-7-17-9-19-10)15-12-8-23-13-4-2-1-3-11(13)14(12)20-21-15/h1-4,7,9,12,14-15,20-21H,5-6,8H2,(H,17,19)(H,18,22). The number of hydrogen-bond donors (Lipinski definition) is 4. The van der Waals surface area contributed by atoms with Crippen molar-refractivity contribution in [2.45, 2.75) is 18.5 Å². The van der Waals surface area contributed by atoms with Gasteiger partial charge in [-0.05, 0) is 6.07 Å². The summed E-state index contributed by atoms with van der Waals surface area (Å²) in [7, 11) is 0. The van der Waals surface area contributed by atoms with E-state index in [4.69, 9.17) is 4.74 Å². The number of H-pyrrole nitrogens is 1. The molecule has 4 rings (SSSR count). The SMILES string of the molecule is O=C(NCCc1cnc[nH]1)C1NNC2c3ccccc3OCC12. The molecule has 23 heavy (non-hydrogen) atoms. The van der Waals surface area contributed by atoms with Crippen LogP contribution < -0.4 is 20.9 Å². The smallest absolute Gasteiger partial charge is 0.239 e. The van der Waals surface area contributed by atoms with Gasteiger partial charge in [0.2, 0.25) is 5.91 Å². The van der Waals surface area contributed by atoms with Gasteiger partial charge >= 0.3 is 0 Å². The normalized spacial score (nSPS) is 25.3. The van der Waals surface area contributed by atoms with Gasteiger partial charge < -0.3 is 15.0 Å². The van der Waals surface area contributed by atoms with Gasteiger partial charge in [0.1, 0.15) is 11.8 Å². The van der Waals surface area contributed by atoms with Crippen LogP contribution in [0.3, 0.4) is 0 Å². The first-order chi connectivity index (χ1) is 11.3. The average molecular weight is 313 g/mol. The van der Waals surface area contributed by atoms with Crippen LogP contribution in [-0.4, -0.2) is 35.1 Å². The second-order valence-corrected chi connectivity index (χ2v) is 5.87. The summed E-state index contributed by atoms with van der Waals surface area (Å²) >= 11 is 0. The molecule has 1 aromatic carbocycles. The van der Waals surface area contributed by atoms with E-state index in [1.54, 1.807) is 12.5 Å². The van der Waals surface area contributed by atoms with Crippen LogP contribution in [0.5, 0.6) is 5.75 Å². The van der Waals surface area contributed by atoms with Crippen LogP contribution in [-0.2, 0) is 11.2 Å². The van der Waals surface area contributed by atoms with Crippen molar-refractivity contribution in [3.8, 4) is 5.75 Å². The van der Waals surface area contributed by atoms with Gasteiger partial charge in [-0.15, -0.1) is 0 Å². The summed E-state index contributed by atoms with van der Waals surface area (Å²) in [5.41, 5.74) is 8.47. The Bertz CT molecular complexity index is 688. The van der Waals surface area contributed by atoms with Gasteiger partial charge in [0.25, 0.3) is 0 Å². The second kappa shape index (κ2) is 6.02. The molecule has 0 spiro atoms. The average Bonchev–Trinajstić information content (AvgIpc) is 3.24. The molecule has 3 heterocycles. The first-order valence-corrected chi connectivity index (χ1v) is 7.80. The van der Waals surface area contributed by atoms with Crippen LogP contribution >= 0.6 is 0 Å². The molecule has 4 N–H and O–H groups in total. The largest absolute Gasteiger partial charge is 0.493 e. The highest BCUT2D eigenvalue weighted by Crippen LogP contribution is 2.38. The maximum Gasteiger partial charge on any atom is 0.239 e. The van der Waals surface area contributed by atoms with E-state index >= 15 is 0 Å². The summed E-state index contributed by atoms with van der Waals surface area (Å²) in [5, 5.41) is 2.98. The quantitative estimate of drug-likeness (QED) is 0.651. The van der Waals surface area contributed by atoms with Gasteiger partial charge in [0, 0.05) is 36.3 Å². The highest BCUT2D eigenvalue weighted by Gasteiger charge is 2.44. The van der Waals surface area contributed by atoms with Gasteiger partial charge in [0.15, 0.2) is 0 Å². The number of carbonyl (C=O) groups is 1. The van der Waals surface area contributed by atoms with Crippen LogP contribution in [0.2, 0.25) is 0 Å². The summed E-state index contributed by atoms with van der Waals surface area (Å²) < 4.78 is 5.81. The van der Waals surface area contributed by atoms with Crippen molar-refractivity contribution in [1.82, 2.24) is 26.1 Å².